The largest absolute Gasteiger partial charge is 0.289 e. The van der Waals surface area contributed by atoms with E-state index in [-0.39, 0.29) is 0 Å². The Labute approximate surface area is 92.5 Å². The second kappa shape index (κ2) is 4.77. The lowest BCUT2D eigenvalue weighted by Gasteiger charge is -2.27. The van der Waals surface area contributed by atoms with E-state index in [0.29, 0.717) is 6.17 Å². The van der Waals surface area contributed by atoms with E-state index in [4.69, 9.17) is 0 Å². The molecule has 0 aromatic heterocycles. The van der Waals surface area contributed by atoms with Gasteiger partial charge in [-0.05, 0) is 19.2 Å². The fourth-order valence-corrected chi connectivity index (χ4v) is 2.34. The van der Waals surface area contributed by atoms with Crippen molar-refractivity contribution in [1.82, 2.24) is 9.80 Å². The maximum atomic E-state index is 2.55. The van der Waals surface area contributed by atoms with Crippen LogP contribution in [0.1, 0.15) is 12.5 Å². The maximum absolute atomic E-state index is 2.55. The Hall–Kier alpha value is -0.860. The molecule has 1 heterocycles. The number of rotatable bonds is 3. The van der Waals surface area contributed by atoms with Crippen LogP contribution in [0, 0.1) is 0 Å². The molecule has 15 heavy (non-hydrogen) atoms. The molecule has 0 radical (unpaired) electrons. The molecule has 0 saturated carbocycles. The van der Waals surface area contributed by atoms with Crippen LogP contribution < -0.4 is 0 Å². The molecule has 1 atom stereocenters. The second-order valence-corrected chi connectivity index (χ2v) is 4.28. The number of hydrogen-bond donors (Lipinski definition) is 0. The van der Waals surface area contributed by atoms with Crippen LogP contribution in [0.2, 0.25) is 0 Å². The number of likely N-dealkylation sites (N-methyl/N-ethyl adjacent to an activating group) is 2. The van der Waals surface area contributed by atoms with Crippen molar-refractivity contribution in [3.05, 3.63) is 35.9 Å². The molecule has 0 amide bonds. The zero-order valence-corrected chi connectivity index (χ0v) is 9.69. The molecule has 2 nitrogen and oxygen atoms in total. The third-order valence-corrected chi connectivity index (χ3v) is 3.34. The first-order valence-electron chi connectivity index (χ1n) is 5.79. The van der Waals surface area contributed by atoms with Gasteiger partial charge in [0.05, 0.1) is 6.17 Å². The van der Waals surface area contributed by atoms with Gasteiger partial charge in [0.1, 0.15) is 0 Å². The highest BCUT2D eigenvalue weighted by Gasteiger charge is 2.27. The van der Waals surface area contributed by atoms with Crippen molar-refractivity contribution in [1.29, 1.82) is 0 Å². The molecule has 1 aromatic carbocycles. The number of benzene rings is 1. The fraction of sp³-hybridized carbons (Fsp3) is 0.538. The van der Waals surface area contributed by atoms with Crippen LogP contribution in [0.25, 0.3) is 0 Å². The van der Waals surface area contributed by atoms with E-state index >= 15 is 0 Å². The van der Waals surface area contributed by atoms with Gasteiger partial charge in [-0.25, -0.2) is 0 Å². The Morgan fingerprint density at radius 3 is 2.60 bits per heavy atom. The lowest BCUT2D eigenvalue weighted by atomic mass is 10.1. The van der Waals surface area contributed by atoms with E-state index < -0.39 is 0 Å². The van der Waals surface area contributed by atoms with Gasteiger partial charge in [0.25, 0.3) is 0 Å². The molecular formula is C13H20N2. The average molecular weight is 204 g/mol. The molecular weight excluding hydrogens is 184 g/mol. The van der Waals surface area contributed by atoms with Crippen LogP contribution in [0.4, 0.5) is 0 Å². The van der Waals surface area contributed by atoms with Crippen LogP contribution in [-0.4, -0.2) is 42.6 Å². The summed E-state index contributed by atoms with van der Waals surface area (Å²) < 4.78 is 0. The van der Waals surface area contributed by atoms with Crippen LogP contribution in [0.5, 0.6) is 0 Å². The zero-order valence-electron chi connectivity index (χ0n) is 9.69. The van der Waals surface area contributed by atoms with Gasteiger partial charge in [0.2, 0.25) is 0 Å². The first kappa shape index (κ1) is 10.7. The van der Waals surface area contributed by atoms with Crippen molar-refractivity contribution in [2.45, 2.75) is 19.5 Å². The molecule has 82 valence electrons. The minimum Gasteiger partial charge on any atom is -0.289 e. The highest BCUT2D eigenvalue weighted by molar-refractivity contribution is 5.16. The summed E-state index contributed by atoms with van der Waals surface area (Å²) in [5.74, 6) is 0. The Balaban J connectivity index is 2.04. The summed E-state index contributed by atoms with van der Waals surface area (Å²) in [6.45, 7) is 5.81. The molecule has 0 bridgehead atoms. The Morgan fingerprint density at radius 1 is 1.20 bits per heavy atom. The zero-order chi connectivity index (χ0) is 10.7. The average Bonchev–Trinajstić information content (AvgIpc) is 2.62. The van der Waals surface area contributed by atoms with Crippen LogP contribution in [0.15, 0.2) is 30.3 Å². The van der Waals surface area contributed by atoms with Crippen molar-refractivity contribution in [2.75, 3.05) is 26.7 Å². The van der Waals surface area contributed by atoms with Crippen molar-refractivity contribution >= 4 is 0 Å². The first-order valence-corrected chi connectivity index (χ1v) is 5.79. The molecule has 2 heteroatoms. The van der Waals surface area contributed by atoms with E-state index in [1.165, 1.54) is 18.7 Å². The van der Waals surface area contributed by atoms with Crippen LogP contribution in [0.3, 0.4) is 0 Å². The van der Waals surface area contributed by atoms with Gasteiger partial charge < -0.3 is 0 Å². The van der Waals surface area contributed by atoms with Gasteiger partial charge in [-0.3, -0.25) is 9.80 Å². The van der Waals surface area contributed by atoms with Crippen LogP contribution in [-0.2, 0) is 6.42 Å². The summed E-state index contributed by atoms with van der Waals surface area (Å²) in [6.07, 6.45) is 1.74. The van der Waals surface area contributed by atoms with Gasteiger partial charge in [-0.1, -0.05) is 37.3 Å². The van der Waals surface area contributed by atoms with Crippen molar-refractivity contribution in [3.8, 4) is 0 Å². The normalized spacial score (nSPS) is 23.5. The summed E-state index contributed by atoms with van der Waals surface area (Å²) in [6, 6.07) is 10.8. The molecule has 1 fully saturated rings. The smallest absolute Gasteiger partial charge is 0.0662 e. The van der Waals surface area contributed by atoms with Gasteiger partial charge in [-0.15, -0.1) is 0 Å². The SMILES string of the molecule is CCN1CCN(C)C1Cc1ccccc1. The van der Waals surface area contributed by atoms with E-state index in [1.807, 2.05) is 0 Å². The third-order valence-electron chi connectivity index (χ3n) is 3.34. The third kappa shape index (κ3) is 2.39. The molecule has 0 aliphatic carbocycles. The molecule has 1 aliphatic rings. The van der Waals surface area contributed by atoms with Gasteiger partial charge in [0, 0.05) is 19.5 Å². The number of hydrogen-bond acceptors (Lipinski definition) is 2. The monoisotopic (exact) mass is 204 g/mol. The van der Waals surface area contributed by atoms with E-state index in [9.17, 15) is 0 Å². The summed E-state index contributed by atoms with van der Waals surface area (Å²) in [5.41, 5.74) is 1.44. The molecule has 0 spiro atoms. The van der Waals surface area contributed by atoms with Crippen molar-refractivity contribution in [2.24, 2.45) is 0 Å². The summed E-state index contributed by atoms with van der Waals surface area (Å²) in [4.78, 5) is 5.00. The predicted molar refractivity (Wildman–Crippen MR) is 63.8 cm³/mol. The lowest BCUT2D eigenvalue weighted by molar-refractivity contribution is 0.165. The minimum absolute atomic E-state index is 0.595. The first-order chi connectivity index (χ1) is 7.31. The second-order valence-electron chi connectivity index (χ2n) is 4.28. The molecule has 1 saturated heterocycles. The van der Waals surface area contributed by atoms with Crippen molar-refractivity contribution < 1.29 is 0 Å². The molecule has 1 aromatic rings. The quantitative estimate of drug-likeness (QED) is 0.741. The van der Waals surface area contributed by atoms with E-state index in [1.54, 1.807) is 0 Å². The van der Waals surface area contributed by atoms with Crippen molar-refractivity contribution in [3.63, 3.8) is 0 Å². The van der Waals surface area contributed by atoms with E-state index in [0.717, 1.165) is 13.0 Å². The summed E-state index contributed by atoms with van der Waals surface area (Å²) in [7, 11) is 2.23. The maximum Gasteiger partial charge on any atom is 0.0662 e. The lowest BCUT2D eigenvalue weighted by Crippen LogP contribution is -2.38. The van der Waals surface area contributed by atoms with Crippen LogP contribution >= 0.6 is 0 Å². The molecule has 1 unspecified atom stereocenters. The van der Waals surface area contributed by atoms with Gasteiger partial charge in [0.15, 0.2) is 0 Å². The topological polar surface area (TPSA) is 6.48 Å². The molecule has 2 rings (SSSR count). The summed E-state index contributed by atoms with van der Waals surface area (Å²) in [5, 5.41) is 0. The number of nitrogens with zero attached hydrogens (tertiary/aromatic N) is 2. The van der Waals surface area contributed by atoms with Gasteiger partial charge in [-0.2, -0.15) is 0 Å². The Kier molecular flexibility index (Phi) is 3.39. The summed E-state index contributed by atoms with van der Waals surface area (Å²) >= 11 is 0. The highest BCUT2D eigenvalue weighted by Crippen LogP contribution is 2.16. The van der Waals surface area contributed by atoms with Gasteiger partial charge >= 0.3 is 0 Å². The minimum atomic E-state index is 0.595. The fourth-order valence-electron chi connectivity index (χ4n) is 2.34. The van der Waals surface area contributed by atoms with E-state index in [2.05, 4.69) is 54.1 Å². The Bertz CT molecular complexity index is 297. The Morgan fingerprint density at radius 2 is 1.93 bits per heavy atom. The molecule has 1 aliphatic heterocycles. The predicted octanol–water partition coefficient (Wildman–Crippen LogP) is 1.82. The highest BCUT2D eigenvalue weighted by atomic mass is 15.4. The molecule has 0 N–H and O–H groups in total. The standard InChI is InChI=1S/C13H20N2/c1-3-15-10-9-14(2)13(15)11-12-7-5-4-6-8-12/h4-8,13H,3,9-11H2,1-2H3.